The number of ketones is 2. The second-order valence-electron chi connectivity index (χ2n) is 11.5. The maximum atomic E-state index is 14.0. The fourth-order valence-electron chi connectivity index (χ4n) is 5.63. The zero-order chi connectivity index (χ0) is 27.3. The summed E-state index contributed by atoms with van der Waals surface area (Å²) in [7, 11) is 0. The molecule has 4 unspecified atom stereocenters. The average Bonchev–Trinajstić information content (AvgIpc) is 3.19. The molecule has 0 aliphatic carbocycles. The van der Waals surface area contributed by atoms with Crippen LogP contribution in [0, 0.1) is 49.4 Å². The third-order valence-corrected chi connectivity index (χ3v) is 8.30. The van der Waals surface area contributed by atoms with E-state index in [-0.39, 0.29) is 41.1 Å². The molecule has 2 aromatic carbocycles. The number of aryl methyl sites for hydroxylation is 1. The summed E-state index contributed by atoms with van der Waals surface area (Å²) in [5.74, 6) is 1.73. The molecule has 1 fully saturated rings. The van der Waals surface area contributed by atoms with Crippen LogP contribution in [0.1, 0.15) is 74.0 Å². The van der Waals surface area contributed by atoms with Gasteiger partial charge in [-0.1, -0.05) is 76.2 Å². The lowest BCUT2D eigenvalue weighted by Crippen LogP contribution is -2.50. The zero-order valence-corrected chi connectivity index (χ0v) is 23.2. The predicted molar refractivity (Wildman–Crippen MR) is 149 cm³/mol. The quantitative estimate of drug-likeness (QED) is 0.288. The van der Waals surface area contributed by atoms with E-state index >= 15 is 0 Å². The number of amides is 1. The number of rotatable bonds is 10. The van der Waals surface area contributed by atoms with Gasteiger partial charge in [-0.15, -0.1) is 12.3 Å². The lowest BCUT2D eigenvalue weighted by atomic mass is 9.78. The highest BCUT2D eigenvalue weighted by Gasteiger charge is 2.49. The zero-order valence-electron chi connectivity index (χ0n) is 23.2. The van der Waals surface area contributed by atoms with E-state index in [1.165, 1.54) is 0 Å². The van der Waals surface area contributed by atoms with Crippen LogP contribution in [0.2, 0.25) is 0 Å². The second kappa shape index (κ2) is 11.9. The molecule has 3 rings (SSSR count). The number of Topliss-reactive ketones (excluding diaryl/α,β-unsaturated/α-hetero) is 2. The fraction of sp³-hybridized carbons (Fsp3) is 0.485. The summed E-state index contributed by atoms with van der Waals surface area (Å²) in [4.78, 5) is 42.7. The van der Waals surface area contributed by atoms with E-state index in [0.29, 0.717) is 19.4 Å². The maximum absolute atomic E-state index is 14.0. The van der Waals surface area contributed by atoms with E-state index in [2.05, 4.69) is 19.8 Å². The molecule has 0 spiro atoms. The van der Waals surface area contributed by atoms with Crippen LogP contribution in [0.25, 0.3) is 0 Å². The number of carbonyl (C=O) groups excluding carboxylic acids is 3. The van der Waals surface area contributed by atoms with Crippen LogP contribution >= 0.6 is 0 Å². The van der Waals surface area contributed by atoms with E-state index in [0.717, 1.165) is 28.7 Å². The van der Waals surface area contributed by atoms with Crippen LogP contribution in [0.3, 0.4) is 0 Å². The smallest absolute Gasteiger partial charge is 0.226 e. The predicted octanol–water partition coefficient (Wildman–Crippen LogP) is 6.23. The minimum absolute atomic E-state index is 0.0343. The summed E-state index contributed by atoms with van der Waals surface area (Å²) in [5, 5.41) is 0. The van der Waals surface area contributed by atoms with Gasteiger partial charge >= 0.3 is 0 Å². The van der Waals surface area contributed by atoms with Gasteiger partial charge in [-0.3, -0.25) is 14.4 Å². The molecule has 1 aliphatic heterocycles. The molecule has 1 saturated heterocycles. The number of benzene rings is 2. The van der Waals surface area contributed by atoms with Crippen LogP contribution in [-0.2, 0) is 16.0 Å². The van der Waals surface area contributed by atoms with Crippen LogP contribution in [0.4, 0.5) is 0 Å². The molecule has 1 heterocycles. The Morgan fingerprint density at radius 1 is 1.05 bits per heavy atom. The molecule has 2 aromatic rings. The Kier molecular flexibility index (Phi) is 9.13. The molecule has 4 atom stereocenters. The average molecular weight is 500 g/mol. The van der Waals surface area contributed by atoms with Gasteiger partial charge in [0.15, 0.2) is 11.6 Å². The molecule has 0 radical (unpaired) electrons. The lowest BCUT2D eigenvalue weighted by molar-refractivity contribution is -0.144. The number of terminal acetylenes is 1. The molecule has 0 saturated carbocycles. The summed E-state index contributed by atoms with van der Waals surface area (Å²) in [5.41, 5.74) is 3.56. The van der Waals surface area contributed by atoms with Crippen LogP contribution < -0.4 is 0 Å². The van der Waals surface area contributed by atoms with Gasteiger partial charge < -0.3 is 4.90 Å². The van der Waals surface area contributed by atoms with E-state index in [4.69, 9.17) is 6.42 Å². The van der Waals surface area contributed by atoms with Gasteiger partial charge in [-0.2, -0.15) is 0 Å². The first-order valence-corrected chi connectivity index (χ1v) is 13.4. The number of hydrogen-bond acceptors (Lipinski definition) is 3. The number of nitrogens with zero attached hydrogens (tertiary/aromatic N) is 1. The molecular weight excluding hydrogens is 458 g/mol. The molecule has 37 heavy (non-hydrogen) atoms. The van der Waals surface area contributed by atoms with Crippen molar-refractivity contribution in [2.75, 3.05) is 6.54 Å². The van der Waals surface area contributed by atoms with E-state index in [9.17, 15) is 14.4 Å². The first kappa shape index (κ1) is 28.4. The Hall–Kier alpha value is -3.19. The van der Waals surface area contributed by atoms with Gasteiger partial charge in [-0.05, 0) is 54.7 Å². The first-order chi connectivity index (χ1) is 17.5. The fourth-order valence-corrected chi connectivity index (χ4v) is 5.63. The van der Waals surface area contributed by atoms with Crippen LogP contribution in [0.15, 0.2) is 48.5 Å². The Balaban J connectivity index is 1.90. The Bertz CT molecular complexity index is 1170. The largest absolute Gasteiger partial charge is 0.332 e. The summed E-state index contributed by atoms with van der Waals surface area (Å²) >= 11 is 0. The Labute approximate surface area is 222 Å². The second-order valence-corrected chi connectivity index (χ2v) is 11.5. The highest BCUT2D eigenvalue weighted by atomic mass is 16.2. The van der Waals surface area contributed by atoms with Gasteiger partial charge in [0.05, 0.1) is 6.04 Å². The highest BCUT2D eigenvalue weighted by Crippen LogP contribution is 2.40. The van der Waals surface area contributed by atoms with E-state index in [1.807, 2.05) is 76.2 Å². The lowest BCUT2D eigenvalue weighted by Gasteiger charge is -2.36. The summed E-state index contributed by atoms with van der Waals surface area (Å²) in [6, 6.07) is 15.3. The minimum atomic E-state index is -0.502. The Morgan fingerprint density at radius 3 is 2.38 bits per heavy atom. The van der Waals surface area contributed by atoms with E-state index < -0.39 is 12.0 Å². The molecule has 4 nitrogen and oxygen atoms in total. The van der Waals surface area contributed by atoms with Gasteiger partial charge in [-0.25, -0.2) is 0 Å². The third kappa shape index (κ3) is 6.39. The normalized spacial score (nSPS) is 19.1. The van der Waals surface area contributed by atoms with Crippen molar-refractivity contribution in [1.82, 2.24) is 4.90 Å². The van der Waals surface area contributed by atoms with Crippen molar-refractivity contribution in [3.8, 4) is 12.3 Å². The number of likely N-dealkylation sites (tertiary alicyclic amines) is 1. The van der Waals surface area contributed by atoms with Crippen molar-refractivity contribution in [3.05, 3.63) is 70.8 Å². The molecule has 0 aromatic heterocycles. The number of hydrogen-bond donors (Lipinski definition) is 0. The van der Waals surface area contributed by atoms with Crippen molar-refractivity contribution in [1.29, 1.82) is 0 Å². The van der Waals surface area contributed by atoms with Gasteiger partial charge in [0.1, 0.15) is 0 Å². The summed E-state index contributed by atoms with van der Waals surface area (Å²) in [6.45, 7) is 12.4. The standard InChI is InChI=1S/C33H41NO3/c1-8-13-23(3)30(36)31-33(6,7)18-19-34(31)32(37)25(5)27(20-26-15-10-9-11-16-26)21-29(35)28-17-12-14-22(2)24(28)4/h1,9-12,14-17,23,25,27,31H,13,18-21H2,2-7H3. The minimum Gasteiger partial charge on any atom is -0.332 e. The molecule has 0 N–H and O–H groups in total. The Morgan fingerprint density at radius 2 is 1.73 bits per heavy atom. The van der Waals surface area contributed by atoms with Gasteiger partial charge in [0.2, 0.25) is 5.91 Å². The van der Waals surface area contributed by atoms with Crippen molar-refractivity contribution >= 4 is 17.5 Å². The number of carbonyl (C=O) groups is 3. The van der Waals surface area contributed by atoms with Crippen LogP contribution in [-0.4, -0.2) is 35.0 Å². The van der Waals surface area contributed by atoms with Crippen LogP contribution in [0.5, 0.6) is 0 Å². The monoisotopic (exact) mass is 499 g/mol. The van der Waals surface area contributed by atoms with Crippen molar-refractivity contribution in [2.24, 2.45) is 23.2 Å². The molecule has 0 bridgehead atoms. The molecule has 1 aliphatic rings. The maximum Gasteiger partial charge on any atom is 0.226 e. The van der Waals surface area contributed by atoms with E-state index in [1.54, 1.807) is 4.90 Å². The van der Waals surface area contributed by atoms with Crippen molar-refractivity contribution < 1.29 is 14.4 Å². The third-order valence-electron chi connectivity index (χ3n) is 8.30. The summed E-state index contributed by atoms with van der Waals surface area (Å²) in [6.07, 6.45) is 7.51. The topological polar surface area (TPSA) is 54.5 Å². The van der Waals surface area contributed by atoms with Gasteiger partial charge in [0, 0.05) is 36.8 Å². The highest BCUT2D eigenvalue weighted by molar-refractivity contribution is 5.98. The van der Waals surface area contributed by atoms with Gasteiger partial charge in [0.25, 0.3) is 0 Å². The molecular formula is C33H41NO3. The SMILES string of the molecule is C#CCC(C)C(=O)C1N(C(=O)C(C)C(CC(=O)c2cccc(C)c2C)Cc2ccccc2)CCC1(C)C. The molecule has 1 amide bonds. The molecule has 196 valence electrons. The van der Waals surface area contributed by atoms with Crippen molar-refractivity contribution in [3.63, 3.8) is 0 Å². The molecule has 4 heteroatoms. The summed E-state index contributed by atoms with van der Waals surface area (Å²) < 4.78 is 0. The van der Waals surface area contributed by atoms with Crippen molar-refractivity contribution in [2.45, 2.75) is 73.3 Å². The first-order valence-electron chi connectivity index (χ1n) is 13.4.